The van der Waals surface area contributed by atoms with Crippen molar-refractivity contribution in [1.82, 2.24) is 5.43 Å². The van der Waals surface area contributed by atoms with Crippen LogP contribution < -0.4 is 5.43 Å². The minimum atomic E-state index is 0.128. The topological polar surface area (TPSA) is 24.4 Å². The largest absolute Gasteiger partial charge is 0.305 e. The number of hydrogen-bond acceptors (Lipinski definition) is 2. The van der Waals surface area contributed by atoms with Gasteiger partial charge in [-0.2, -0.15) is 5.10 Å². The van der Waals surface area contributed by atoms with Crippen LogP contribution in [0.25, 0.3) is 0 Å². The normalized spacial score (nSPS) is 18.1. The SMILES string of the molecule is CC(C)(C)NN=C1CCC1. The van der Waals surface area contributed by atoms with E-state index in [0.717, 1.165) is 0 Å². The smallest absolute Gasteiger partial charge is 0.0464 e. The molecule has 0 spiro atoms. The highest BCUT2D eigenvalue weighted by atomic mass is 15.3. The Morgan fingerprint density at radius 1 is 1.30 bits per heavy atom. The van der Waals surface area contributed by atoms with Crippen molar-refractivity contribution in [2.45, 2.75) is 45.6 Å². The molecule has 58 valence electrons. The van der Waals surface area contributed by atoms with Gasteiger partial charge in [0.15, 0.2) is 0 Å². The summed E-state index contributed by atoms with van der Waals surface area (Å²) in [5, 5.41) is 4.27. The molecule has 0 saturated heterocycles. The molecule has 1 aliphatic rings. The van der Waals surface area contributed by atoms with E-state index in [1.165, 1.54) is 25.0 Å². The average Bonchev–Trinajstić information content (AvgIpc) is 1.56. The summed E-state index contributed by atoms with van der Waals surface area (Å²) < 4.78 is 0. The molecule has 0 atom stereocenters. The first-order valence-corrected chi connectivity index (χ1v) is 3.90. The molecule has 1 fully saturated rings. The molecule has 0 aromatic heterocycles. The number of nitrogens with one attached hydrogen (secondary N) is 1. The van der Waals surface area contributed by atoms with Gasteiger partial charge in [0.05, 0.1) is 0 Å². The lowest BCUT2D eigenvalue weighted by atomic mass is 9.98. The van der Waals surface area contributed by atoms with Crippen LogP contribution in [-0.2, 0) is 0 Å². The molecule has 1 N–H and O–H groups in total. The standard InChI is InChI=1S/C8H16N2/c1-8(2,3)10-9-7-5-4-6-7/h10H,4-6H2,1-3H3. The highest BCUT2D eigenvalue weighted by Crippen LogP contribution is 2.14. The lowest BCUT2D eigenvalue weighted by molar-refractivity contribution is 0.437. The summed E-state index contributed by atoms with van der Waals surface area (Å²) in [5.74, 6) is 0. The molecule has 0 bridgehead atoms. The van der Waals surface area contributed by atoms with Crippen LogP contribution in [0.5, 0.6) is 0 Å². The zero-order valence-electron chi connectivity index (χ0n) is 7.07. The summed E-state index contributed by atoms with van der Waals surface area (Å²) in [6, 6.07) is 0. The van der Waals surface area contributed by atoms with Crippen LogP contribution in [0.4, 0.5) is 0 Å². The fourth-order valence-electron chi connectivity index (χ4n) is 0.693. The van der Waals surface area contributed by atoms with Gasteiger partial charge >= 0.3 is 0 Å². The van der Waals surface area contributed by atoms with Gasteiger partial charge in [-0.3, -0.25) is 0 Å². The lowest BCUT2D eigenvalue weighted by Crippen LogP contribution is -2.33. The van der Waals surface area contributed by atoms with Crippen LogP contribution in [0, 0.1) is 0 Å². The zero-order valence-corrected chi connectivity index (χ0v) is 7.07. The van der Waals surface area contributed by atoms with Gasteiger partial charge in [-0.25, -0.2) is 0 Å². The Morgan fingerprint density at radius 3 is 2.20 bits per heavy atom. The number of hydrogen-bond donors (Lipinski definition) is 1. The van der Waals surface area contributed by atoms with Gasteiger partial charge in [0.2, 0.25) is 0 Å². The van der Waals surface area contributed by atoms with Crippen LogP contribution in [0.3, 0.4) is 0 Å². The predicted octanol–water partition coefficient (Wildman–Crippen LogP) is 1.91. The molecule has 1 rings (SSSR count). The van der Waals surface area contributed by atoms with Gasteiger partial charge in [-0.05, 0) is 40.0 Å². The molecule has 1 aliphatic carbocycles. The second-order valence-electron chi connectivity index (χ2n) is 3.89. The molecule has 0 amide bonds. The van der Waals surface area contributed by atoms with E-state index in [2.05, 4.69) is 31.3 Å². The average molecular weight is 140 g/mol. The number of nitrogens with zero attached hydrogens (tertiary/aromatic N) is 1. The lowest BCUT2D eigenvalue weighted by Gasteiger charge is -2.21. The summed E-state index contributed by atoms with van der Waals surface area (Å²) in [6.45, 7) is 6.36. The van der Waals surface area contributed by atoms with Crippen molar-refractivity contribution in [3.63, 3.8) is 0 Å². The molecule has 2 nitrogen and oxygen atoms in total. The maximum absolute atomic E-state index is 4.27. The van der Waals surface area contributed by atoms with Crippen molar-refractivity contribution in [3.8, 4) is 0 Å². The maximum atomic E-state index is 4.27. The van der Waals surface area contributed by atoms with E-state index in [0.29, 0.717) is 0 Å². The maximum Gasteiger partial charge on any atom is 0.0464 e. The van der Waals surface area contributed by atoms with Gasteiger partial charge in [0, 0.05) is 11.3 Å². The fourth-order valence-corrected chi connectivity index (χ4v) is 0.693. The highest BCUT2D eigenvalue weighted by molar-refractivity contribution is 5.88. The van der Waals surface area contributed by atoms with Gasteiger partial charge < -0.3 is 5.43 Å². The molecular weight excluding hydrogens is 124 g/mol. The second kappa shape index (κ2) is 2.60. The first-order chi connectivity index (χ1) is 4.58. The minimum Gasteiger partial charge on any atom is -0.305 e. The summed E-state index contributed by atoms with van der Waals surface area (Å²) in [7, 11) is 0. The summed E-state index contributed by atoms with van der Waals surface area (Å²) in [4.78, 5) is 0. The monoisotopic (exact) mass is 140 g/mol. The van der Waals surface area contributed by atoms with E-state index in [1.54, 1.807) is 0 Å². The first kappa shape index (κ1) is 7.58. The third kappa shape index (κ3) is 2.38. The van der Waals surface area contributed by atoms with E-state index in [4.69, 9.17) is 0 Å². The molecule has 0 aromatic rings. The molecule has 0 heterocycles. The molecule has 10 heavy (non-hydrogen) atoms. The van der Waals surface area contributed by atoms with E-state index in [9.17, 15) is 0 Å². The first-order valence-electron chi connectivity index (χ1n) is 3.90. The van der Waals surface area contributed by atoms with Crippen molar-refractivity contribution in [1.29, 1.82) is 0 Å². The molecular formula is C8H16N2. The van der Waals surface area contributed by atoms with E-state index in [1.807, 2.05) is 0 Å². The summed E-state index contributed by atoms with van der Waals surface area (Å²) in [5.41, 5.74) is 4.57. The van der Waals surface area contributed by atoms with E-state index < -0.39 is 0 Å². The van der Waals surface area contributed by atoms with Crippen LogP contribution in [-0.4, -0.2) is 11.3 Å². The third-order valence-corrected chi connectivity index (χ3v) is 1.48. The Labute approximate surface area is 62.7 Å². The van der Waals surface area contributed by atoms with Crippen molar-refractivity contribution in [3.05, 3.63) is 0 Å². The zero-order chi connectivity index (χ0) is 7.61. The Balaban J connectivity index is 2.26. The summed E-state index contributed by atoms with van der Waals surface area (Å²) in [6.07, 6.45) is 3.72. The van der Waals surface area contributed by atoms with Gasteiger partial charge in [0.1, 0.15) is 0 Å². The van der Waals surface area contributed by atoms with Crippen molar-refractivity contribution in [2.75, 3.05) is 0 Å². The van der Waals surface area contributed by atoms with Crippen LogP contribution in [0.15, 0.2) is 5.10 Å². The molecule has 2 heteroatoms. The molecule has 0 aliphatic heterocycles. The van der Waals surface area contributed by atoms with Crippen molar-refractivity contribution < 1.29 is 0 Å². The van der Waals surface area contributed by atoms with Gasteiger partial charge in [-0.1, -0.05) is 0 Å². The quantitative estimate of drug-likeness (QED) is 0.553. The van der Waals surface area contributed by atoms with Crippen molar-refractivity contribution >= 4 is 5.71 Å². The molecule has 0 aromatic carbocycles. The Kier molecular flexibility index (Phi) is 1.97. The van der Waals surface area contributed by atoms with Crippen LogP contribution >= 0.6 is 0 Å². The predicted molar refractivity (Wildman–Crippen MR) is 44.2 cm³/mol. The molecule has 1 saturated carbocycles. The summed E-state index contributed by atoms with van der Waals surface area (Å²) >= 11 is 0. The van der Waals surface area contributed by atoms with Crippen molar-refractivity contribution in [2.24, 2.45) is 5.10 Å². The third-order valence-electron chi connectivity index (χ3n) is 1.48. The van der Waals surface area contributed by atoms with E-state index in [-0.39, 0.29) is 5.54 Å². The van der Waals surface area contributed by atoms with Gasteiger partial charge in [0.25, 0.3) is 0 Å². The Morgan fingerprint density at radius 2 is 1.90 bits per heavy atom. The number of hydrazone groups is 1. The van der Waals surface area contributed by atoms with Crippen LogP contribution in [0.2, 0.25) is 0 Å². The Bertz CT molecular complexity index is 136. The van der Waals surface area contributed by atoms with Gasteiger partial charge in [-0.15, -0.1) is 0 Å². The minimum absolute atomic E-state index is 0.128. The fraction of sp³-hybridized carbons (Fsp3) is 0.875. The number of rotatable bonds is 1. The second-order valence-corrected chi connectivity index (χ2v) is 3.89. The Hall–Kier alpha value is -0.530. The molecule has 0 radical (unpaired) electrons. The van der Waals surface area contributed by atoms with Crippen LogP contribution in [0.1, 0.15) is 40.0 Å². The molecule has 0 unspecified atom stereocenters. The highest BCUT2D eigenvalue weighted by Gasteiger charge is 2.12. The van der Waals surface area contributed by atoms with E-state index >= 15 is 0 Å².